The molecule has 0 unspecified atom stereocenters. The van der Waals surface area contributed by atoms with Crippen LogP contribution < -0.4 is 0 Å². The number of rotatable bonds is 5. The molecule has 178 valence electrons. The van der Waals surface area contributed by atoms with E-state index in [1.54, 1.807) is 11.8 Å². The summed E-state index contributed by atoms with van der Waals surface area (Å²) in [5.74, 6) is 0. The minimum Gasteiger partial charge on any atom is -0.258 e. The van der Waals surface area contributed by atoms with Crippen molar-refractivity contribution < 1.29 is 13.2 Å². The van der Waals surface area contributed by atoms with Crippen LogP contribution in [-0.2, 0) is 6.18 Å². The summed E-state index contributed by atoms with van der Waals surface area (Å²) < 4.78 is 41.9. The number of pyridine rings is 1. The van der Waals surface area contributed by atoms with E-state index in [0.29, 0.717) is 21.6 Å². The van der Waals surface area contributed by atoms with Crippen molar-refractivity contribution in [3.05, 3.63) is 64.7 Å². The maximum absolute atomic E-state index is 13.0. The second kappa shape index (κ2) is 9.19. The van der Waals surface area contributed by atoms with Crippen LogP contribution in [-0.4, -0.2) is 25.0 Å². The van der Waals surface area contributed by atoms with Crippen LogP contribution >= 0.6 is 23.1 Å². The van der Waals surface area contributed by atoms with Crippen LogP contribution in [0.2, 0.25) is 0 Å². The first-order chi connectivity index (χ1) is 15.9. The maximum atomic E-state index is 13.0. The molecular formula is C25H25F3N4S2. The summed E-state index contributed by atoms with van der Waals surface area (Å²) in [4.78, 5) is 9.31. The molecule has 0 amide bonds. The lowest BCUT2D eigenvalue weighted by atomic mass is 10.0. The van der Waals surface area contributed by atoms with Crippen LogP contribution in [0.15, 0.2) is 40.6 Å². The molecule has 34 heavy (non-hydrogen) atoms. The van der Waals surface area contributed by atoms with Crippen LogP contribution in [0.1, 0.15) is 42.2 Å². The predicted molar refractivity (Wildman–Crippen MR) is 133 cm³/mol. The van der Waals surface area contributed by atoms with E-state index < -0.39 is 11.7 Å². The fraction of sp³-hybridized carbons (Fsp3) is 0.320. The fourth-order valence-electron chi connectivity index (χ4n) is 3.90. The SMILES string of the molecule is Cc1cc(-c2c(C)nn(-c3nc(-c4ccc(C(F)(F)F)cc4)c(SC(C)C)s3)c2C)cc(C)n1. The smallest absolute Gasteiger partial charge is 0.258 e. The Bertz CT molecular complexity index is 1320. The summed E-state index contributed by atoms with van der Waals surface area (Å²) >= 11 is 3.15. The van der Waals surface area contributed by atoms with Gasteiger partial charge in [-0.05, 0) is 57.5 Å². The van der Waals surface area contributed by atoms with E-state index >= 15 is 0 Å². The van der Waals surface area contributed by atoms with Crippen molar-refractivity contribution >= 4 is 23.1 Å². The Balaban J connectivity index is 1.81. The van der Waals surface area contributed by atoms with Gasteiger partial charge in [-0.15, -0.1) is 11.8 Å². The summed E-state index contributed by atoms with van der Waals surface area (Å²) in [5, 5.41) is 5.76. The van der Waals surface area contributed by atoms with Gasteiger partial charge in [0, 0.05) is 27.8 Å². The average molecular weight is 503 g/mol. The first-order valence-electron chi connectivity index (χ1n) is 10.8. The number of aryl methyl sites for hydroxylation is 3. The van der Waals surface area contributed by atoms with Gasteiger partial charge < -0.3 is 0 Å². The van der Waals surface area contributed by atoms with Gasteiger partial charge in [0.2, 0.25) is 5.13 Å². The van der Waals surface area contributed by atoms with E-state index in [0.717, 1.165) is 50.2 Å². The molecule has 4 rings (SSSR count). The standard InChI is InChI=1S/C25H25F3N4S2/c1-13(2)33-23-22(18-7-9-20(10-8-18)25(26,27)28)30-24(34-23)32-17(6)21(16(5)31-32)19-11-14(3)29-15(4)12-19/h7-13H,1-6H3. The monoisotopic (exact) mass is 502 g/mol. The summed E-state index contributed by atoms with van der Waals surface area (Å²) in [6.07, 6.45) is -4.37. The Morgan fingerprint density at radius 3 is 2.09 bits per heavy atom. The molecular weight excluding hydrogens is 477 g/mol. The normalized spacial score (nSPS) is 12.1. The topological polar surface area (TPSA) is 43.6 Å². The first-order valence-corrected chi connectivity index (χ1v) is 12.5. The molecule has 0 fully saturated rings. The van der Waals surface area contributed by atoms with Gasteiger partial charge in [-0.3, -0.25) is 4.98 Å². The minimum absolute atomic E-state index is 0.292. The number of hydrogen-bond donors (Lipinski definition) is 0. The molecule has 1 aromatic carbocycles. The molecule has 0 N–H and O–H groups in total. The molecule has 0 bridgehead atoms. The highest BCUT2D eigenvalue weighted by atomic mass is 32.2. The second-order valence-electron chi connectivity index (χ2n) is 8.47. The third-order valence-electron chi connectivity index (χ3n) is 5.26. The Morgan fingerprint density at radius 2 is 1.53 bits per heavy atom. The van der Waals surface area contributed by atoms with Crippen molar-refractivity contribution in [3.8, 4) is 27.5 Å². The highest BCUT2D eigenvalue weighted by Crippen LogP contribution is 2.41. The van der Waals surface area contributed by atoms with Crippen LogP contribution in [0.25, 0.3) is 27.5 Å². The minimum atomic E-state index is -4.37. The molecule has 3 heterocycles. The van der Waals surface area contributed by atoms with Gasteiger partial charge in [-0.25, -0.2) is 9.67 Å². The van der Waals surface area contributed by atoms with Gasteiger partial charge in [0.05, 0.1) is 26.9 Å². The zero-order valence-corrected chi connectivity index (χ0v) is 21.4. The zero-order valence-electron chi connectivity index (χ0n) is 19.8. The van der Waals surface area contributed by atoms with E-state index in [-0.39, 0.29) is 0 Å². The van der Waals surface area contributed by atoms with Gasteiger partial charge in [0.15, 0.2) is 0 Å². The molecule has 0 aliphatic rings. The van der Waals surface area contributed by atoms with E-state index in [1.807, 2.05) is 44.5 Å². The molecule has 3 aromatic heterocycles. The van der Waals surface area contributed by atoms with E-state index in [4.69, 9.17) is 10.1 Å². The lowest BCUT2D eigenvalue weighted by molar-refractivity contribution is -0.137. The third kappa shape index (κ3) is 4.90. The van der Waals surface area contributed by atoms with Crippen molar-refractivity contribution in [1.29, 1.82) is 0 Å². The molecule has 0 aliphatic carbocycles. The van der Waals surface area contributed by atoms with Crippen LogP contribution in [0.3, 0.4) is 0 Å². The number of benzene rings is 1. The number of thiazole rings is 1. The van der Waals surface area contributed by atoms with Crippen LogP contribution in [0.4, 0.5) is 13.2 Å². The van der Waals surface area contributed by atoms with Gasteiger partial charge in [0.25, 0.3) is 0 Å². The van der Waals surface area contributed by atoms with Gasteiger partial charge in [-0.1, -0.05) is 37.3 Å². The van der Waals surface area contributed by atoms with Crippen molar-refractivity contribution in [2.24, 2.45) is 0 Å². The van der Waals surface area contributed by atoms with Crippen molar-refractivity contribution in [2.75, 3.05) is 0 Å². The van der Waals surface area contributed by atoms with Crippen LogP contribution in [0, 0.1) is 27.7 Å². The Labute approximate surface area is 205 Å². The van der Waals surface area contributed by atoms with E-state index in [1.165, 1.54) is 23.5 Å². The molecule has 4 aromatic rings. The van der Waals surface area contributed by atoms with Gasteiger partial charge in [0.1, 0.15) is 0 Å². The average Bonchev–Trinajstić information content (AvgIpc) is 3.26. The zero-order chi connectivity index (χ0) is 24.8. The number of hydrogen-bond acceptors (Lipinski definition) is 5. The summed E-state index contributed by atoms with van der Waals surface area (Å²) in [6, 6.07) is 9.28. The van der Waals surface area contributed by atoms with Crippen molar-refractivity contribution in [3.63, 3.8) is 0 Å². The Hall–Kier alpha value is -2.65. The number of nitrogens with zero attached hydrogens (tertiary/aromatic N) is 4. The van der Waals surface area contributed by atoms with Crippen LogP contribution in [0.5, 0.6) is 0 Å². The quantitative estimate of drug-likeness (QED) is 0.261. The largest absolute Gasteiger partial charge is 0.416 e. The first kappa shape index (κ1) is 24.5. The fourth-order valence-corrected chi connectivity index (χ4v) is 6.43. The number of halogens is 3. The highest BCUT2D eigenvalue weighted by molar-refractivity contribution is 8.01. The Kier molecular flexibility index (Phi) is 6.61. The predicted octanol–water partition coefficient (Wildman–Crippen LogP) is 7.81. The van der Waals surface area contributed by atoms with E-state index in [2.05, 4.69) is 18.8 Å². The van der Waals surface area contributed by atoms with Gasteiger partial charge >= 0.3 is 6.18 Å². The van der Waals surface area contributed by atoms with Crippen molar-refractivity contribution in [1.82, 2.24) is 19.7 Å². The molecule has 0 aliphatic heterocycles. The number of aromatic nitrogens is 4. The molecule has 0 saturated heterocycles. The third-order valence-corrected chi connectivity index (χ3v) is 7.50. The second-order valence-corrected chi connectivity index (χ2v) is 11.3. The molecule has 0 saturated carbocycles. The lowest BCUT2D eigenvalue weighted by Crippen LogP contribution is -2.04. The summed E-state index contributed by atoms with van der Waals surface area (Å²) in [7, 11) is 0. The van der Waals surface area contributed by atoms with E-state index in [9.17, 15) is 13.2 Å². The molecule has 0 spiro atoms. The highest BCUT2D eigenvalue weighted by Gasteiger charge is 2.30. The molecule has 4 nitrogen and oxygen atoms in total. The molecule has 0 radical (unpaired) electrons. The summed E-state index contributed by atoms with van der Waals surface area (Å²) in [5.41, 5.74) is 6.48. The molecule has 0 atom stereocenters. The number of alkyl halides is 3. The number of thioether (sulfide) groups is 1. The molecule has 9 heteroatoms. The van der Waals surface area contributed by atoms with Crippen molar-refractivity contribution in [2.45, 2.75) is 57.2 Å². The van der Waals surface area contributed by atoms with Gasteiger partial charge in [-0.2, -0.15) is 18.3 Å². The Morgan fingerprint density at radius 1 is 0.912 bits per heavy atom. The lowest BCUT2D eigenvalue weighted by Gasteiger charge is -2.08. The summed E-state index contributed by atoms with van der Waals surface area (Å²) in [6.45, 7) is 12.1. The maximum Gasteiger partial charge on any atom is 0.416 e.